The van der Waals surface area contributed by atoms with Crippen LogP contribution >= 0.6 is 0 Å². The number of benzene rings is 1. The molecule has 5 heteroatoms. The Morgan fingerprint density at radius 2 is 1.96 bits per heavy atom. The lowest BCUT2D eigenvalue weighted by atomic mass is 9.96. The quantitative estimate of drug-likeness (QED) is 0.750. The maximum absolute atomic E-state index is 12.1. The number of pyridine rings is 1. The third kappa shape index (κ3) is 3.82. The van der Waals surface area contributed by atoms with E-state index in [4.69, 9.17) is 0 Å². The van der Waals surface area contributed by atoms with Gasteiger partial charge in [-0.05, 0) is 42.9 Å². The molecule has 1 aliphatic heterocycles. The lowest BCUT2D eigenvalue weighted by Gasteiger charge is -2.18. The first-order valence-corrected chi connectivity index (χ1v) is 9.55. The number of carbonyl (C=O) groups is 1. The molecule has 0 atom stereocenters. The fraction of sp³-hybridized carbons (Fsp3) is 0.429. The van der Waals surface area contributed by atoms with Gasteiger partial charge in [-0.2, -0.15) is 0 Å². The molecule has 1 aromatic carbocycles. The van der Waals surface area contributed by atoms with Crippen molar-refractivity contribution in [1.82, 2.24) is 15.6 Å². The van der Waals surface area contributed by atoms with Gasteiger partial charge in [0, 0.05) is 37.2 Å². The molecule has 1 saturated carbocycles. The van der Waals surface area contributed by atoms with Crippen molar-refractivity contribution in [3.05, 3.63) is 59.3 Å². The smallest absolute Gasteiger partial charge is 0.314 e. The Kier molecular flexibility index (Phi) is 4.78. The Balaban J connectivity index is 1.22. The molecule has 1 fully saturated rings. The number of hydrogen-bond donors (Lipinski definition) is 3. The number of hydrogen-bond acceptors (Lipinski definition) is 3. The second-order valence-corrected chi connectivity index (χ2v) is 7.35. The number of fused-ring (bicyclic) bond motifs is 1. The van der Waals surface area contributed by atoms with Crippen LogP contribution < -0.4 is 16.0 Å². The standard InChI is InChI=1S/C21H26N4O/c26-20(24-15-21(11-12-21)17-6-2-1-3-7-17)23-14-10-18-9-8-16-5-4-13-22-19(16)25-18/h1-3,6-9H,4-5,10-15H2,(H,22,25)(H2,23,24,26). The zero-order chi connectivity index (χ0) is 17.8. The van der Waals surface area contributed by atoms with Crippen molar-refractivity contribution in [2.24, 2.45) is 0 Å². The number of nitrogens with zero attached hydrogens (tertiary/aromatic N) is 1. The summed E-state index contributed by atoms with van der Waals surface area (Å²) in [7, 11) is 0. The van der Waals surface area contributed by atoms with Crippen LogP contribution in [0.1, 0.15) is 36.1 Å². The molecule has 0 spiro atoms. The average molecular weight is 350 g/mol. The van der Waals surface area contributed by atoms with Crippen molar-refractivity contribution in [2.75, 3.05) is 25.0 Å². The van der Waals surface area contributed by atoms with Crippen LogP contribution in [0.2, 0.25) is 0 Å². The van der Waals surface area contributed by atoms with E-state index in [-0.39, 0.29) is 11.4 Å². The van der Waals surface area contributed by atoms with E-state index in [0.29, 0.717) is 13.1 Å². The first-order valence-electron chi connectivity index (χ1n) is 9.55. The molecule has 4 rings (SSSR count). The molecular weight excluding hydrogens is 324 g/mol. The van der Waals surface area contributed by atoms with E-state index in [1.54, 1.807) is 0 Å². The summed E-state index contributed by atoms with van der Waals surface area (Å²) in [5.74, 6) is 1.01. The maximum atomic E-state index is 12.1. The second-order valence-electron chi connectivity index (χ2n) is 7.35. The Hall–Kier alpha value is -2.56. The normalized spacial score (nSPS) is 16.9. The fourth-order valence-corrected chi connectivity index (χ4v) is 3.63. The van der Waals surface area contributed by atoms with Crippen molar-refractivity contribution in [2.45, 2.75) is 37.5 Å². The highest BCUT2D eigenvalue weighted by atomic mass is 16.2. The predicted molar refractivity (Wildman–Crippen MR) is 104 cm³/mol. The molecule has 5 nitrogen and oxygen atoms in total. The molecule has 136 valence electrons. The van der Waals surface area contributed by atoms with E-state index in [0.717, 1.165) is 43.7 Å². The molecule has 2 aromatic rings. The van der Waals surface area contributed by atoms with E-state index >= 15 is 0 Å². The van der Waals surface area contributed by atoms with Gasteiger partial charge in [0.1, 0.15) is 5.82 Å². The minimum Gasteiger partial charge on any atom is -0.370 e. The summed E-state index contributed by atoms with van der Waals surface area (Å²) in [4.78, 5) is 16.8. The largest absolute Gasteiger partial charge is 0.370 e. The summed E-state index contributed by atoms with van der Waals surface area (Å²) < 4.78 is 0. The molecule has 2 aliphatic rings. The molecule has 2 amide bonds. The van der Waals surface area contributed by atoms with Crippen LogP contribution in [0.15, 0.2) is 42.5 Å². The zero-order valence-electron chi connectivity index (χ0n) is 15.1. The van der Waals surface area contributed by atoms with Crippen molar-refractivity contribution >= 4 is 11.8 Å². The molecule has 3 N–H and O–H groups in total. The van der Waals surface area contributed by atoms with Crippen molar-refractivity contribution < 1.29 is 4.79 Å². The molecule has 2 heterocycles. The van der Waals surface area contributed by atoms with E-state index in [1.807, 2.05) is 6.07 Å². The number of nitrogens with one attached hydrogen (secondary N) is 3. The lowest BCUT2D eigenvalue weighted by molar-refractivity contribution is 0.240. The summed E-state index contributed by atoms with van der Waals surface area (Å²) in [5.41, 5.74) is 3.78. The molecular formula is C21H26N4O. The predicted octanol–water partition coefficient (Wildman–Crippen LogP) is 3.01. The van der Waals surface area contributed by atoms with Gasteiger partial charge in [0.15, 0.2) is 0 Å². The number of carbonyl (C=O) groups excluding carboxylic acids is 1. The molecule has 1 aromatic heterocycles. The molecule has 0 bridgehead atoms. The number of rotatable bonds is 6. The molecule has 0 unspecified atom stereocenters. The minimum absolute atomic E-state index is 0.0942. The Labute approximate surface area is 154 Å². The third-order valence-corrected chi connectivity index (χ3v) is 5.45. The summed E-state index contributed by atoms with van der Waals surface area (Å²) in [5, 5.41) is 9.34. The van der Waals surface area contributed by atoms with Gasteiger partial charge in [-0.1, -0.05) is 36.4 Å². The van der Waals surface area contributed by atoms with Gasteiger partial charge in [-0.3, -0.25) is 0 Å². The van der Waals surface area contributed by atoms with Crippen LogP contribution in [0.3, 0.4) is 0 Å². The second kappa shape index (κ2) is 7.36. The van der Waals surface area contributed by atoms with Crippen LogP contribution in [-0.4, -0.2) is 30.6 Å². The van der Waals surface area contributed by atoms with E-state index in [9.17, 15) is 4.79 Å². The van der Waals surface area contributed by atoms with E-state index in [1.165, 1.54) is 17.5 Å². The zero-order valence-corrected chi connectivity index (χ0v) is 15.1. The van der Waals surface area contributed by atoms with Crippen molar-refractivity contribution in [1.29, 1.82) is 0 Å². The first-order chi connectivity index (χ1) is 12.8. The fourth-order valence-electron chi connectivity index (χ4n) is 3.63. The molecule has 0 saturated heterocycles. The van der Waals surface area contributed by atoms with Crippen LogP contribution in [-0.2, 0) is 18.3 Å². The van der Waals surface area contributed by atoms with Gasteiger partial charge < -0.3 is 16.0 Å². The average Bonchev–Trinajstić information content (AvgIpc) is 3.48. The highest BCUT2D eigenvalue weighted by molar-refractivity contribution is 5.74. The van der Waals surface area contributed by atoms with Gasteiger partial charge in [0.25, 0.3) is 0 Å². The Bertz CT molecular complexity index is 771. The Morgan fingerprint density at radius 3 is 2.77 bits per heavy atom. The SMILES string of the molecule is O=C(NCCc1ccc2c(n1)NCCC2)NCC1(c2ccccc2)CC1. The maximum Gasteiger partial charge on any atom is 0.314 e. The summed E-state index contributed by atoms with van der Waals surface area (Å²) in [6.07, 6.45) is 5.29. The van der Waals surface area contributed by atoms with Crippen LogP contribution in [0, 0.1) is 0 Å². The summed E-state index contributed by atoms with van der Waals surface area (Å²) in [6, 6.07) is 14.6. The van der Waals surface area contributed by atoms with Crippen molar-refractivity contribution in [3.63, 3.8) is 0 Å². The highest BCUT2D eigenvalue weighted by Gasteiger charge is 2.44. The van der Waals surface area contributed by atoms with Gasteiger partial charge in [-0.15, -0.1) is 0 Å². The number of amides is 2. The highest BCUT2D eigenvalue weighted by Crippen LogP contribution is 2.47. The number of aryl methyl sites for hydroxylation is 1. The minimum atomic E-state index is -0.0942. The van der Waals surface area contributed by atoms with Gasteiger partial charge in [0.05, 0.1) is 0 Å². The monoisotopic (exact) mass is 350 g/mol. The summed E-state index contributed by atoms with van der Waals surface area (Å²) in [6.45, 7) is 2.28. The van der Waals surface area contributed by atoms with Gasteiger partial charge in [-0.25, -0.2) is 9.78 Å². The number of aromatic nitrogens is 1. The van der Waals surface area contributed by atoms with Crippen LogP contribution in [0.5, 0.6) is 0 Å². The topological polar surface area (TPSA) is 66.0 Å². The lowest BCUT2D eigenvalue weighted by Crippen LogP contribution is -2.40. The number of anilines is 1. The summed E-state index contributed by atoms with van der Waals surface area (Å²) >= 11 is 0. The van der Waals surface area contributed by atoms with E-state index in [2.05, 4.69) is 57.3 Å². The van der Waals surface area contributed by atoms with Gasteiger partial charge in [0.2, 0.25) is 0 Å². The molecule has 0 radical (unpaired) electrons. The molecule has 26 heavy (non-hydrogen) atoms. The Morgan fingerprint density at radius 1 is 1.12 bits per heavy atom. The number of urea groups is 1. The van der Waals surface area contributed by atoms with E-state index < -0.39 is 0 Å². The van der Waals surface area contributed by atoms with Gasteiger partial charge >= 0.3 is 6.03 Å². The first kappa shape index (κ1) is 16.9. The third-order valence-electron chi connectivity index (χ3n) is 5.45. The van der Waals surface area contributed by atoms with Crippen LogP contribution in [0.25, 0.3) is 0 Å². The van der Waals surface area contributed by atoms with Crippen molar-refractivity contribution in [3.8, 4) is 0 Å². The van der Waals surface area contributed by atoms with Crippen LogP contribution in [0.4, 0.5) is 10.6 Å². The molecule has 1 aliphatic carbocycles.